The van der Waals surface area contributed by atoms with Gasteiger partial charge in [-0.1, -0.05) is 39.0 Å². The van der Waals surface area contributed by atoms with Crippen LogP contribution in [0, 0.1) is 0 Å². The highest BCUT2D eigenvalue weighted by Gasteiger charge is 2.23. The van der Waals surface area contributed by atoms with Gasteiger partial charge in [-0.3, -0.25) is 4.79 Å². The fourth-order valence-corrected chi connectivity index (χ4v) is 4.31. The van der Waals surface area contributed by atoms with Gasteiger partial charge in [-0.2, -0.15) is 0 Å². The average Bonchev–Trinajstić information content (AvgIpc) is 3.47. The summed E-state index contributed by atoms with van der Waals surface area (Å²) in [5.74, 6) is -0.207. The number of phenols is 1. The summed E-state index contributed by atoms with van der Waals surface area (Å²) in [4.78, 5) is 13.9. The summed E-state index contributed by atoms with van der Waals surface area (Å²) in [7, 11) is 0. The Morgan fingerprint density at radius 3 is 1.63 bits per heavy atom. The third kappa shape index (κ3) is 13.7. The first-order chi connectivity index (χ1) is 22.3. The number of aryl methyl sites for hydroxylation is 1. The number of aliphatic hydroxyl groups excluding tert-OH is 1. The SMILES string of the molecule is CC(C)(C)c1cc(CCC(=O)OCCOCCOCCOCCOCCOCCOCCO)cc(-n2nc3ccccc3n2)c1O. The van der Waals surface area contributed by atoms with Crippen LogP contribution < -0.4 is 0 Å². The number of esters is 1. The molecule has 3 rings (SSSR count). The predicted molar refractivity (Wildman–Crippen MR) is 171 cm³/mol. The Balaban J connectivity index is 1.23. The monoisotopic (exact) mass is 647 g/mol. The van der Waals surface area contributed by atoms with E-state index in [4.69, 9.17) is 38.3 Å². The summed E-state index contributed by atoms with van der Waals surface area (Å²) in [6.45, 7) is 11.3. The zero-order chi connectivity index (χ0) is 33.0. The average molecular weight is 648 g/mol. The van der Waals surface area contributed by atoms with E-state index in [2.05, 4.69) is 10.2 Å². The first kappa shape index (κ1) is 37.3. The molecule has 0 fully saturated rings. The van der Waals surface area contributed by atoms with Crippen LogP contribution in [-0.2, 0) is 49.8 Å². The van der Waals surface area contributed by atoms with Crippen molar-refractivity contribution in [1.82, 2.24) is 15.0 Å². The number of hydrogen-bond acceptors (Lipinski definition) is 12. The molecule has 0 saturated carbocycles. The molecule has 2 aromatic carbocycles. The van der Waals surface area contributed by atoms with Crippen molar-refractivity contribution in [3.8, 4) is 11.4 Å². The highest BCUT2D eigenvalue weighted by Crippen LogP contribution is 2.36. The van der Waals surface area contributed by atoms with Crippen molar-refractivity contribution in [2.75, 3.05) is 92.5 Å². The van der Waals surface area contributed by atoms with Crippen LogP contribution in [-0.4, -0.2) is 124 Å². The van der Waals surface area contributed by atoms with Crippen molar-refractivity contribution >= 4 is 17.0 Å². The molecule has 0 aliphatic carbocycles. The van der Waals surface area contributed by atoms with Crippen molar-refractivity contribution in [1.29, 1.82) is 0 Å². The minimum atomic E-state index is -0.334. The lowest BCUT2D eigenvalue weighted by Gasteiger charge is -2.23. The fraction of sp³-hybridized carbons (Fsp3) is 0.606. The van der Waals surface area contributed by atoms with Gasteiger partial charge in [-0.15, -0.1) is 15.0 Å². The number of nitrogens with zero attached hydrogens (tertiary/aromatic N) is 3. The van der Waals surface area contributed by atoms with E-state index < -0.39 is 0 Å². The molecule has 2 N–H and O–H groups in total. The Bertz CT molecular complexity index is 1260. The number of hydrogen-bond donors (Lipinski definition) is 2. The summed E-state index contributed by atoms with van der Waals surface area (Å²) in [6, 6.07) is 11.3. The molecule has 0 amide bonds. The van der Waals surface area contributed by atoms with Crippen LogP contribution in [0.15, 0.2) is 36.4 Å². The van der Waals surface area contributed by atoms with Crippen LogP contribution in [0.5, 0.6) is 5.75 Å². The number of aromatic hydroxyl groups is 1. The van der Waals surface area contributed by atoms with Crippen molar-refractivity contribution < 1.29 is 48.2 Å². The van der Waals surface area contributed by atoms with Crippen molar-refractivity contribution in [2.45, 2.75) is 39.0 Å². The molecule has 256 valence electrons. The van der Waals surface area contributed by atoms with Crippen LogP contribution in [0.3, 0.4) is 0 Å². The molecule has 0 radical (unpaired) electrons. The summed E-state index contributed by atoms with van der Waals surface area (Å²) in [5, 5.41) is 28.8. The van der Waals surface area contributed by atoms with E-state index in [1.165, 1.54) is 4.80 Å². The van der Waals surface area contributed by atoms with E-state index in [9.17, 15) is 9.90 Å². The summed E-state index contributed by atoms with van der Waals surface area (Å²) < 4.78 is 37.6. The molecule has 13 heteroatoms. The van der Waals surface area contributed by atoms with Crippen molar-refractivity contribution in [3.63, 3.8) is 0 Å². The molecule has 1 aromatic heterocycles. The molecule has 0 atom stereocenters. The van der Waals surface area contributed by atoms with Crippen LogP contribution in [0.2, 0.25) is 0 Å². The second kappa shape index (κ2) is 20.9. The number of ether oxygens (including phenoxy) is 7. The first-order valence-electron chi connectivity index (χ1n) is 15.7. The van der Waals surface area contributed by atoms with Crippen LogP contribution in [0.1, 0.15) is 38.3 Å². The van der Waals surface area contributed by atoms with E-state index in [0.29, 0.717) is 84.8 Å². The number of rotatable bonds is 24. The Morgan fingerprint density at radius 2 is 1.17 bits per heavy atom. The number of aromatic nitrogens is 3. The predicted octanol–water partition coefficient (Wildman–Crippen LogP) is 2.99. The third-order valence-corrected chi connectivity index (χ3v) is 6.66. The maximum Gasteiger partial charge on any atom is 0.306 e. The Hall–Kier alpha value is -3.17. The normalized spacial score (nSPS) is 11.8. The quantitative estimate of drug-likeness (QED) is 0.109. The summed E-state index contributed by atoms with van der Waals surface area (Å²) in [5.41, 5.74) is 3.22. The number of aliphatic hydroxyl groups is 1. The van der Waals surface area contributed by atoms with Crippen LogP contribution in [0.25, 0.3) is 16.7 Å². The second-order valence-electron chi connectivity index (χ2n) is 11.4. The molecule has 46 heavy (non-hydrogen) atoms. The summed E-state index contributed by atoms with van der Waals surface area (Å²) >= 11 is 0. The lowest BCUT2D eigenvalue weighted by atomic mass is 9.84. The zero-order valence-electron chi connectivity index (χ0n) is 27.3. The minimum absolute atomic E-state index is 0.0125. The molecule has 1 heterocycles. The van der Waals surface area contributed by atoms with Gasteiger partial charge in [0.15, 0.2) is 0 Å². The zero-order valence-corrected chi connectivity index (χ0v) is 27.3. The van der Waals surface area contributed by atoms with Crippen LogP contribution >= 0.6 is 0 Å². The number of fused-ring (bicyclic) bond motifs is 1. The fourth-order valence-electron chi connectivity index (χ4n) is 4.31. The van der Waals surface area contributed by atoms with Gasteiger partial charge in [-0.25, -0.2) is 0 Å². The second-order valence-corrected chi connectivity index (χ2v) is 11.4. The molecule has 3 aromatic rings. The van der Waals surface area contributed by atoms with Gasteiger partial charge in [0, 0.05) is 12.0 Å². The number of carbonyl (C=O) groups excluding carboxylic acids is 1. The molecule has 0 bridgehead atoms. The van der Waals surface area contributed by atoms with E-state index in [-0.39, 0.29) is 43.4 Å². The summed E-state index contributed by atoms with van der Waals surface area (Å²) in [6.07, 6.45) is 0.627. The molecular formula is C33H49N3O10. The lowest BCUT2D eigenvalue weighted by molar-refractivity contribution is -0.145. The number of carbonyl (C=O) groups is 1. The van der Waals surface area contributed by atoms with Gasteiger partial charge in [-0.05, 0) is 35.6 Å². The van der Waals surface area contributed by atoms with Gasteiger partial charge < -0.3 is 43.4 Å². The standard InChI is InChI=1S/C33H49N3O10/c1-33(2,3)27-24-26(25-30(32(27)39)36-34-28-6-4-5-7-29(28)35-36)8-9-31(38)46-23-22-45-21-20-44-19-18-43-17-16-42-15-14-41-13-12-40-11-10-37/h4-7,24-25,37,39H,8-23H2,1-3H3. The van der Waals surface area contributed by atoms with Gasteiger partial charge in [0.05, 0.1) is 85.9 Å². The Morgan fingerprint density at radius 1 is 0.717 bits per heavy atom. The smallest absolute Gasteiger partial charge is 0.306 e. The third-order valence-electron chi connectivity index (χ3n) is 6.66. The van der Waals surface area contributed by atoms with Gasteiger partial charge in [0.25, 0.3) is 0 Å². The van der Waals surface area contributed by atoms with Crippen molar-refractivity contribution in [3.05, 3.63) is 47.5 Å². The Labute approximate surface area is 270 Å². The molecular weight excluding hydrogens is 598 g/mol. The largest absolute Gasteiger partial charge is 0.505 e. The van der Waals surface area contributed by atoms with E-state index in [0.717, 1.165) is 22.2 Å². The van der Waals surface area contributed by atoms with Crippen LogP contribution in [0.4, 0.5) is 0 Å². The molecule has 13 nitrogen and oxygen atoms in total. The maximum atomic E-state index is 12.4. The molecule has 0 saturated heterocycles. The first-order valence-corrected chi connectivity index (χ1v) is 15.7. The molecule has 0 unspecified atom stereocenters. The van der Waals surface area contributed by atoms with Crippen molar-refractivity contribution in [2.24, 2.45) is 0 Å². The topological polar surface area (TPSA) is 153 Å². The number of phenolic OH excluding ortho intramolecular Hbond substituents is 1. The molecule has 0 aliphatic heterocycles. The highest BCUT2D eigenvalue weighted by molar-refractivity contribution is 5.74. The van der Waals surface area contributed by atoms with Gasteiger partial charge in [0.2, 0.25) is 0 Å². The van der Waals surface area contributed by atoms with Gasteiger partial charge in [0.1, 0.15) is 29.1 Å². The maximum absolute atomic E-state index is 12.4. The van der Waals surface area contributed by atoms with E-state index >= 15 is 0 Å². The van der Waals surface area contributed by atoms with E-state index in [1.807, 2.05) is 57.2 Å². The lowest BCUT2D eigenvalue weighted by Crippen LogP contribution is -2.16. The number of benzene rings is 2. The molecule has 0 spiro atoms. The van der Waals surface area contributed by atoms with Gasteiger partial charge >= 0.3 is 5.97 Å². The Kier molecular flexibility index (Phi) is 16.9. The highest BCUT2D eigenvalue weighted by atomic mass is 16.6. The van der Waals surface area contributed by atoms with E-state index in [1.54, 1.807) is 0 Å². The molecule has 0 aliphatic rings. The minimum Gasteiger partial charge on any atom is -0.505 e.